The van der Waals surface area contributed by atoms with Crippen LogP contribution >= 0.6 is 11.5 Å². The molecule has 4 radical (unpaired) electrons. The zero-order valence-corrected chi connectivity index (χ0v) is 12.8. The van der Waals surface area contributed by atoms with E-state index in [9.17, 15) is 0 Å². The monoisotopic (exact) mass is 348 g/mol. The minimum absolute atomic E-state index is 0.230. The van der Waals surface area contributed by atoms with E-state index in [0.717, 1.165) is 0 Å². The first-order chi connectivity index (χ1) is 3.83. The van der Waals surface area contributed by atoms with Gasteiger partial charge in [0.05, 0.1) is 0 Å². The Kier molecular flexibility index (Phi) is 74.8. The Labute approximate surface area is 79.9 Å². The fraction of sp³-hybridized carbons (Fsp3) is 1.00. The molecule has 0 spiro atoms. The van der Waals surface area contributed by atoms with Crippen LogP contribution in [0.2, 0.25) is 19.8 Å². The van der Waals surface area contributed by atoms with Crippen molar-refractivity contribution >= 4 is 61.0 Å². The van der Waals surface area contributed by atoms with Gasteiger partial charge in [0.2, 0.25) is 7.26 Å². The quantitative estimate of drug-likeness (QED) is 0.581. The Morgan fingerprint density at radius 2 is 0.875 bits per heavy atom. The third-order valence-corrected chi connectivity index (χ3v) is 0. The molecule has 0 unspecified atom stereocenters. The molecule has 0 amide bonds. The Hall–Kier alpha value is 1.95. The topological polar surface area (TPSA) is 0 Å². The van der Waals surface area contributed by atoms with Crippen molar-refractivity contribution in [1.29, 1.82) is 0 Å². The number of hydrogen-bond acceptors (Lipinski definition) is 0. The maximum absolute atomic E-state index is 4.64. The molecule has 0 aromatic rings. The van der Waals surface area contributed by atoms with Crippen LogP contribution in [0.5, 0.6) is 0 Å². The predicted octanol–water partition coefficient (Wildman–Crippen LogP) is 1.35. The van der Waals surface area contributed by atoms with E-state index < -0.39 is 0 Å². The predicted molar refractivity (Wildman–Crippen MR) is 49.4 cm³/mol. The Morgan fingerprint density at radius 1 is 0.875 bits per heavy atom. The molecular weight excluding hydrogens is 332 g/mol. The van der Waals surface area contributed by atoms with Crippen LogP contribution in [0.3, 0.4) is 0 Å². The summed E-state index contributed by atoms with van der Waals surface area (Å²) in [5.41, 5.74) is 0. The van der Waals surface area contributed by atoms with E-state index in [-0.39, 0.29) is 42.3 Å². The van der Waals surface area contributed by atoms with Gasteiger partial charge in [-0.05, 0) is 0 Å². The molecule has 0 aliphatic carbocycles. The van der Waals surface area contributed by atoms with Crippen LogP contribution in [0, 0.1) is 0 Å². The molecule has 0 fully saturated rings. The summed E-state index contributed by atoms with van der Waals surface area (Å²) in [7, 11) is 1.47. The second-order valence-corrected chi connectivity index (χ2v) is 6.71. The van der Waals surface area contributed by atoms with Crippen molar-refractivity contribution in [2.75, 3.05) is 0 Å². The summed E-state index contributed by atoms with van der Waals surface area (Å²) in [5.74, 6) is 0. The fourth-order valence-electron chi connectivity index (χ4n) is 0. The molecule has 48 valence electrons. The van der Waals surface area contributed by atoms with Crippen LogP contribution in [0.15, 0.2) is 0 Å². The van der Waals surface area contributed by atoms with Gasteiger partial charge in [0, 0.05) is 0 Å². The Bertz CT molecular complexity index is 16.0. The van der Waals surface area contributed by atoms with Gasteiger partial charge in [0.1, 0.15) is 0 Å². The normalized spacial score (nSPS) is 5.12. The van der Waals surface area contributed by atoms with Crippen LogP contribution in [0.4, 0.5) is 0 Å². The number of hydrogen-bond donors (Lipinski definition) is 0. The molecule has 8 heavy (non-hydrogen) atoms. The van der Waals surface area contributed by atoms with E-state index in [1.54, 1.807) is 0 Å². The van der Waals surface area contributed by atoms with Crippen LogP contribution in [0.1, 0.15) is 0 Å². The average Bonchev–Trinajstić information content (AvgIpc) is 1.75. The first-order valence-electron chi connectivity index (χ1n) is 2.38. The van der Waals surface area contributed by atoms with Crippen molar-refractivity contribution in [3.63, 3.8) is 0 Å². The van der Waals surface area contributed by atoms with Crippen LogP contribution < -0.4 is 0 Å². The van der Waals surface area contributed by atoms with Crippen molar-refractivity contribution in [3.05, 3.63) is 0 Å². The van der Waals surface area contributed by atoms with E-state index in [1.165, 1.54) is 7.26 Å². The molecule has 0 aromatic heterocycles. The summed E-state index contributed by atoms with van der Waals surface area (Å²) in [6, 6.07) is 0. The van der Waals surface area contributed by atoms with Crippen molar-refractivity contribution < 1.29 is 0 Å². The SMILES string of the molecule is BCl.[CH3][Sn][CH3].[CH3][Sn][CH3]. The molecule has 0 saturated carbocycles. The van der Waals surface area contributed by atoms with Gasteiger partial charge in [-0.25, -0.2) is 11.5 Å². The van der Waals surface area contributed by atoms with Gasteiger partial charge in [-0.15, -0.1) is 0 Å². The number of halogens is 1. The van der Waals surface area contributed by atoms with Crippen molar-refractivity contribution in [3.8, 4) is 0 Å². The molecule has 0 heterocycles. The Balaban J connectivity index is -0.0000000483. The molecule has 0 rings (SSSR count). The van der Waals surface area contributed by atoms with E-state index in [4.69, 9.17) is 0 Å². The third kappa shape index (κ3) is 101. The molecule has 0 N–H and O–H groups in total. The van der Waals surface area contributed by atoms with Crippen LogP contribution in [-0.4, -0.2) is 49.5 Å². The van der Waals surface area contributed by atoms with Gasteiger partial charge >= 0.3 is 62.0 Å². The fourth-order valence-corrected chi connectivity index (χ4v) is 0. The summed E-state index contributed by atoms with van der Waals surface area (Å²) in [4.78, 5) is 9.18. The maximum atomic E-state index is 4.64. The summed E-state index contributed by atoms with van der Waals surface area (Å²) in [5, 5.41) is 0. The first kappa shape index (κ1) is 16.5. The van der Waals surface area contributed by atoms with E-state index in [1.807, 2.05) is 0 Å². The first-order valence-corrected chi connectivity index (χ1v) is 14.6. The third-order valence-electron chi connectivity index (χ3n) is 0. The average molecular weight is 346 g/mol. The standard InChI is InChI=1S/4CH3.BClH2.2Sn/c;;;;1-2;;/h4*1H3;1H2;;. The minimum atomic E-state index is 0.230. The van der Waals surface area contributed by atoms with Gasteiger partial charge < -0.3 is 0 Å². The van der Waals surface area contributed by atoms with Gasteiger partial charge in [0.25, 0.3) is 0 Å². The van der Waals surface area contributed by atoms with Crippen molar-refractivity contribution in [2.45, 2.75) is 19.8 Å². The Morgan fingerprint density at radius 3 is 0.875 bits per heavy atom. The molecule has 0 atom stereocenters. The summed E-state index contributed by atoms with van der Waals surface area (Å²) >= 11 is 5.10. The van der Waals surface area contributed by atoms with Crippen LogP contribution in [-0.2, 0) is 0 Å². The van der Waals surface area contributed by atoms with Crippen molar-refractivity contribution in [2.24, 2.45) is 0 Å². The summed E-state index contributed by atoms with van der Waals surface area (Å²) < 4.78 is 0. The van der Waals surface area contributed by atoms with E-state index in [2.05, 4.69) is 31.2 Å². The van der Waals surface area contributed by atoms with Crippen LogP contribution in [0.25, 0.3) is 0 Å². The second-order valence-electron chi connectivity index (χ2n) is 1.00. The molecule has 0 bridgehead atoms. The molecule has 4 heteroatoms. The van der Waals surface area contributed by atoms with Gasteiger partial charge in [-0.1, -0.05) is 0 Å². The summed E-state index contributed by atoms with van der Waals surface area (Å²) in [6.07, 6.45) is 0. The van der Waals surface area contributed by atoms with E-state index in [0.29, 0.717) is 0 Å². The van der Waals surface area contributed by atoms with Gasteiger partial charge in [-0.2, -0.15) is 0 Å². The second kappa shape index (κ2) is 36.2. The molecule has 0 nitrogen and oxygen atoms in total. The van der Waals surface area contributed by atoms with Gasteiger partial charge in [-0.3, -0.25) is 0 Å². The molecule has 0 aromatic carbocycles. The van der Waals surface area contributed by atoms with Gasteiger partial charge in [0.15, 0.2) is 0 Å². The zero-order chi connectivity index (χ0) is 7.41. The summed E-state index contributed by atoms with van der Waals surface area (Å²) in [6.45, 7) is 0. The molecule has 0 aliphatic heterocycles. The molecule has 0 saturated heterocycles. The van der Waals surface area contributed by atoms with Crippen molar-refractivity contribution in [1.82, 2.24) is 0 Å². The molecular formula is C4H14BClSn2. The van der Waals surface area contributed by atoms with E-state index >= 15 is 0 Å². The molecule has 0 aliphatic rings. The zero-order valence-electron chi connectivity index (χ0n) is 6.38. The number of rotatable bonds is 0.